The third-order valence-corrected chi connectivity index (χ3v) is 3.91. The van der Waals surface area contributed by atoms with E-state index in [0.717, 1.165) is 0 Å². The highest BCUT2D eigenvalue weighted by Gasteiger charge is 2.17. The van der Waals surface area contributed by atoms with E-state index < -0.39 is 0 Å². The van der Waals surface area contributed by atoms with Crippen LogP contribution in [-0.2, 0) is 11.3 Å². The van der Waals surface area contributed by atoms with Gasteiger partial charge in [0.2, 0.25) is 5.91 Å². The third kappa shape index (κ3) is 4.60. The van der Waals surface area contributed by atoms with E-state index in [1.54, 1.807) is 0 Å². The van der Waals surface area contributed by atoms with Crippen molar-refractivity contribution in [2.45, 2.75) is 24.8 Å². The van der Waals surface area contributed by atoms with Crippen molar-refractivity contribution in [1.29, 1.82) is 0 Å². The molecule has 1 aromatic heterocycles. The number of aliphatic hydroxyl groups excluding tert-OH is 1. The molecule has 0 radical (unpaired) electrons. The van der Waals surface area contributed by atoms with Gasteiger partial charge in [0, 0.05) is 29.2 Å². The average molecular weight is 285 g/mol. The van der Waals surface area contributed by atoms with E-state index in [9.17, 15) is 9.59 Å². The first-order chi connectivity index (χ1) is 8.97. The van der Waals surface area contributed by atoms with E-state index in [-0.39, 0.29) is 35.9 Å². The number of nitrogens with zero attached hydrogens (tertiary/aromatic N) is 1. The fourth-order valence-corrected chi connectivity index (χ4v) is 2.28. The standard InChI is InChI=1S/C12H19N3O3S/c1-8(10(7-16)19-2)14-11(17)6-15-5-9(13)3-4-12(15)18/h3-5,8,10,16H,6-7,13H2,1-2H3,(H,14,17). The number of anilines is 1. The lowest BCUT2D eigenvalue weighted by atomic mass is 10.2. The fourth-order valence-electron chi connectivity index (χ4n) is 1.66. The van der Waals surface area contributed by atoms with Crippen LogP contribution in [0.2, 0.25) is 0 Å². The highest BCUT2D eigenvalue weighted by atomic mass is 32.2. The van der Waals surface area contributed by atoms with Crippen LogP contribution in [0.4, 0.5) is 5.69 Å². The van der Waals surface area contributed by atoms with Gasteiger partial charge in [0.15, 0.2) is 0 Å². The predicted molar refractivity (Wildman–Crippen MR) is 77.1 cm³/mol. The molecule has 19 heavy (non-hydrogen) atoms. The Labute approximate surface area is 116 Å². The van der Waals surface area contributed by atoms with Gasteiger partial charge in [-0.25, -0.2) is 0 Å². The van der Waals surface area contributed by atoms with Crippen LogP contribution in [0.1, 0.15) is 6.92 Å². The lowest BCUT2D eigenvalue weighted by Gasteiger charge is -2.21. The second-order valence-corrected chi connectivity index (χ2v) is 5.32. The number of hydrogen-bond acceptors (Lipinski definition) is 5. The normalized spacial score (nSPS) is 13.8. The zero-order chi connectivity index (χ0) is 14.4. The van der Waals surface area contributed by atoms with Crippen molar-refractivity contribution in [3.8, 4) is 0 Å². The van der Waals surface area contributed by atoms with Gasteiger partial charge in [-0.3, -0.25) is 9.59 Å². The molecule has 0 aliphatic rings. The van der Waals surface area contributed by atoms with Gasteiger partial charge in [0.25, 0.3) is 5.56 Å². The van der Waals surface area contributed by atoms with Crippen LogP contribution in [0, 0.1) is 0 Å². The van der Waals surface area contributed by atoms with Crippen molar-refractivity contribution < 1.29 is 9.90 Å². The Kier molecular flexibility index (Phi) is 5.91. The Balaban J connectivity index is 2.65. The van der Waals surface area contributed by atoms with E-state index >= 15 is 0 Å². The lowest BCUT2D eigenvalue weighted by Crippen LogP contribution is -2.43. The van der Waals surface area contributed by atoms with Crippen molar-refractivity contribution in [3.63, 3.8) is 0 Å². The minimum absolute atomic E-state index is 0.0130. The van der Waals surface area contributed by atoms with E-state index in [2.05, 4.69) is 5.32 Å². The van der Waals surface area contributed by atoms with Crippen molar-refractivity contribution in [2.24, 2.45) is 0 Å². The number of carbonyl (C=O) groups excluding carboxylic acids is 1. The molecule has 0 bridgehead atoms. The van der Waals surface area contributed by atoms with Crippen LogP contribution < -0.4 is 16.6 Å². The van der Waals surface area contributed by atoms with Gasteiger partial charge in [-0.15, -0.1) is 0 Å². The Morgan fingerprint density at radius 1 is 1.58 bits per heavy atom. The topological polar surface area (TPSA) is 97.3 Å². The van der Waals surface area contributed by atoms with Gasteiger partial charge in [0.1, 0.15) is 6.54 Å². The van der Waals surface area contributed by atoms with Crippen LogP contribution in [0.25, 0.3) is 0 Å². The molecule has 0 fully saturated rings. The summed E-state index contributed by atoms with van der Waals surface area (Å²) in [5, 5.41) is 11.8. The molecular formula is C12H19N3O3S. The number of aromatic nitrogens is 1. The van der Waals surface area contributed by atoms with Crippen molar-refractivity contribution in [1.82, 2.24) is 9.88 Å². The minimum Gasteiger partial charge on any atom is -0.398 e. The summed E-state index contributed by atoms with van der Waals surface area (Å²) in [6.07, 6.45) is 3.30. The number of nitrogens with two attached hydrogens (primary N) is 1. The number of aliphatic hydroxyl groups is 1. The number of nitrogen functional groups attached to an aromatic ring is 1. The first-order valence-corrected chi connectivity index (χ1v) is 7.15. The molecule has 6 nitrogen and oxygen atoms in total. The molecule has 106 valence electrons. The summed E-state index contributed by atoms with van der Waals surface area (Å²) in [6, 6.07) is 2.64. The molecule has 4 N–H and O–H groups in total. The molecule has 0 aliphatic carbocycles. The first kappa shape index (κ1) is 15.6. The summed E-state index contributed by atoms with van der Waals surface area (Å²) in [5.74, 6) is -0.285. The summed E-state index contributed by atoms with van der Waals surface area (Å²) in [6.45, 7) is 1.72. The van der Waals surface area contributed by atoms with Crippen molar-refractivity contribution in [2.75, 3.05) is 18.6 Å². The summed E-state index contributed by atoms with van der Waals surface area (Å²) in [7, 11) is 0. The van der Waals surface area contributed by atoms with Gasteiger partial charge in [-0.1, -0.05) is 0 Å². The van der Waals surface area contributed by atoms with Gasteiger partial charge in [-0.2, -0.15) is 11.8 Å². The van der Waals surface area contributed by atoms with Gasteiger partial charge < -0.3 is 20.7 Å². The van der Waals surface area contributed by atoms with Crippen LogP contribution in [0.3, 0.4) is 0 Å². The monoisotopic (exact) mass is 285 g/mol. The third-order valence-electron chi connectivity index (χ3n) is 2.75. The minimum atomic E-state index is -0.285. The second kappa shape index (κ2) is 7.20. The molecule has 0 aromatic carbocycles. The highest BCUT2D eigenvalue weighted by Crippen LogP contribution is 2.10. The zero-order valence-corrected chi connectivity index (χ0v) is 11.8. The summed E-state index contributed by atoms with van der Waals surface area (Å²) in [4.78, 5) is 23.3. The van der Waals surface area contributed by atoms with Gasteiger partial charge >= 0.3 is 0 Å². The summed E-state index contributed by atoms with van der Waals surface area (Å²) < 4.78 is 1.25. The predicted octanol–water partition coefficient (Wildman–Crippen LogP) is -0.341. The number of pyridine rings is 1. The Hall–Kier alpha value is -1.47. The molecule has 1 aromatic rings. The molecule has 0 spiro atoms. The Bertz CT molecular complexity index is 485. The molecule has 1 rings (SSSR count). The molecule has 0 saturated carbocycles. The molecule has 2 unspecified atom stereocenters. The Morgan fingerprint density at radius 2 is 2.26 bits per heavy atom. The number of carbonyl (C=O) groups is 1. The van der Waals surface area contributed by atoms with E-state index in [0.29, 0.717) is 5.69 Å². The number of nitrogens with one attached hydrogen (secondary N) is 1. The number of amides is 1. The molecule has 1 heterocycles. The van der Waals surface area contributed by atoms with Gasteiger partial charge in [0.05, 0.1) is 6.61 Å². The fraction of sp³-hybridized carbons (Fsp3) is 0.500. The number of rotatable bonds is 6. The molecule has 7 heteroatoms. The smallest absolute Gasteiger partial charge is 0.251 e. The zero-order valence-electron chi connectivity index (χ0n) is 11.0. The molecular weight excluding hydrogens is 266 g/mol. The van der Waals surface area contributed by atoms with E-state index in [1.165, 1.54) is 34.7 Å². The molecule has 2 atom stereocenters. The SMILES string of the molecule is CSC(CO)C(C)NC(=O)Cn1cc(N)ccc1=O. The highest BCUT2D eigenvalue weighted by molar-refractivity contribution is 7.99. The summed E-state index contributed by atoms with van der Waals surface area (Å²) >= 11 is 1.48. The molecule has 0 saturated heterocycles. The average Bonchev–Trinajstić information content (AvgIpc) is 2.35. The van der Waals surface area contributed by atoms with Crippen LogP contribution in [0.15, 0.2) is 23.1 Å². The molecule has 0 aliphatic heterocycles. The van der Waals surface area contributed by atoms with E-state index in [1.807, 2.05) is 13.2 Å². The van der Waals surface area contributed by atoms with Crippen LogP contribution in [0.5, 0.6) is 0 Å². The number of thioether (sulfide) groups is 1. The maximum atomic E-state index is 11.8. The quantitative estimate of drug-likeness (QED) is 0.664. The van der Waals surface area contributed by atoms with Crippen LogP contribution in [-0.4, -0.2) is 39.7 Å². The first-order valence-electron chi connectivity index (χ1n) is 5.87. The maximum absolute atomic E-state index is 11.8. The Morgan fingerprint density at radius 3 is 2.84 bits per heavy atom. The van der Waals surface area contributed by atoms with Crippen molar-refractivity contribution >= 4 is 23.4 Å². The maximum Gasteiger partial charge on any atom is 0.251 e. The van der Waals surface area contributed by atoms with E-state index in [4.69, 9.17) is 10.8 Å². The summed E-state index contributed by atoms with van der Waals surface area (Å²) in [5.41, 5.74) is 5.72. The largest absolute Gasteiger partial charge is 0.398 e. The van der Waals surface area contributed by atoms with Crippen LogP contribution >= 0.6 is 11.8 Å². The molecule has 1 amide bonds. The number of hydrogen-bond donors (Lipinski definition) is 3. The lowest BCUT2D eigenvalue weighted by molar-refractivity contribution is -0.122. The van der Waals surface area contributed by atoms with Crippen molar-refractivity contribution in [3.05, 3.63) is 28.7 Å². The van der Waals surface area contributed by atoms with Gasteiger partial charge in [-0.05, 0) is 19.2 Å². The second-order valence-electron chi connectivity index (χ2n) is 4.24.